The van der Waals surface area contributed by atoms with Crippen LogP contribution in [0.3, 0.4) is 0 Å². The molecule has 13 aromatic carbocycles. The van der Waals surface area contributed by atoms with Gasteiger partial charge in [-0.25, -0.2) is 0 Å². The zero-order chi connectivity index (χ0) is 49.0. The van der Waals surface area contributed by atoms with Gasteiger partial charge in [0.25, 0.3) is 0 Å². The predicted molar refractivity (Wildman–Crippen MR) is 315 cm³/mol. The van der Waals surface area contributed by atoms with E-state index < -0.39 is 0 Å². The Bertz CT molecular complexity index is 4180. The summed E-state index contributed by atoms with van der Waals surface area (Å²) < 4.78 is 2.43. The van der Waals surface area contributed by atoms with E-state index in [9.17, 15) is 0 Å². The molecule has 0 spiro atoms. The molecule has 0 atom stereocenters. The molecule has 1 heterocycles. The molecule has 2 heteroatoms. The van der Waals surface area contributed by atoms with Gasteiger partial charge in [0.1, 0.15) is 0 Å². The van der Waals surface area contributed by atoms with Crippen molar-refractivity contribution in [2.75, 3.05) is 4.90 Å². The van der Waals surface area contributed by atoms with Gasteiger partial charge in [0.15, 0.2) is 0 Å². The maximum Gasteiger partial charge on any atom is 0.0541 e. The van der Waals surface area contributed by atoms with Crippen molar-refractivity contribution in [2.45, 2.75) is 0 Å². The quantitative estimate of drug-likeness (QED) is 0.140. The lowest BCUT2D eigenvalue weighted by Gasteiger charge is -2.27. The van der Waals surface area contributed by atoms with Gasteiger partial charge in [-0.15, -0.1) is 0 Å². The van der Waals surface area contributed by atoms with Crippen molar-refractivity contribution in [1.82, 2.24) is 4.57 Å². The molecule has 0 aliphatic heterocycles. The minimum absolute atomic E-state index is 1.11. The Labute approximate surface area is 430 Å². The Kier molecular flexibility index (Phi) is 10.6. The Morgan fingerprint density at radius 3 is 1.12 bits per heavy atom. The highest BCUT2D eigenvalue weighted by atomic mass is 15.1. The van der Waals surface area contributed by atoms with Crippen molar-refractivity contribution >= 4 is 71.2 Å². The number of benzene rings is 13. The Morgan fingerprint density at radius 1 is 0.230 bits per heavy atom. The lowest BCUT2D eigenvalue weighted by Crippen LogP contribution is -2.10. The fraction of sp³-hybridized carbons (Fsp3) is 0. The highest BCUT2D eigenvalue weighted by Gasteiger charge is 2.18. The van der Waals surface area contributed by atoms with Crippen LogP contribution in [0.15, 0.2) is 291 Å². The summed E-state index contributed by atoms with van der Waals surface area (Å²) in [6.07, 6.45) is 0. The van der Waals surface area contributed by atoms with Crippen LogP contribution in [0.5, 0.6) is 0 Å². The second-order valence-electron chi connectivity index (χ2n) is 19.3. The topological polar surface area (TPSA) is 8.17 Å². The van der Waals surface area contributed by atoms with E-state index >= 15 is 0 Å². The summed E-state index contributed by atoms with van der Waals surface area (Å²) in [4.78, 5) is 2.36. The second-order valence-corrected chi connectivity index (χ2v) is 19.3. The highest BCUT2D eigenvalue weighted by Crippen LogP contribution is 2.42. The van der Waals surface area contributed by atoms with E-state index in [4.69, 9.17) is 0 Å². The average Bonchev–Trinajstić information content (AvgIpc) is 3.83. The van der Waals surface area contributed by atoms with E-state index in [-0.39, 0.29) is 0 Å². The van der Waals surface area contributed by atoms with Crippen LogP contribution in [0.4, 0.5) is 17.1 Å². The first-order valence-corrected chi connectivity index (χ1v) is 25.5. The Morgan fingerprint density at radius 2 is 0.595 bits per heavy atom. The third kappa shape index (κ3) is 7.60. The summed E-state index contributed by atoms with van der Waals surface area (Å²) in [7, 11) is 0. The van der Waals surface area contributed by atoms with Crippen LogP contribution < -0.4 is 4.90 Å². The molecule has 2 nitrogen and oxygen atoms in total. The molecule has 0 bridgehead atoms. The largest absolute Gasteiger partial charge is 0.310 e. The van der Waals surface area contributed by atoms with Gasteiger partial charge in [0, 0.05) is 33.2 Å². The SMILES string of the molecule is c1ccc(N(c2ccc(-c3ccc(-n4c5ccc(-c6ccc(-c7cccc8ccccc78)cc6)cc5c5cc(-c6ccc(-c7cccc8ccccc78)cc6)ccc54)cc3)cc2)c2cccc3ccccc23)cc1. The van der Waals surface area contributed by atoms with Crippen molar-refractivity contribution < 1.29 is 0 Å². The smallest absolute Gasteiger partial charge is 0.0541 e. The van der Waals surface area contributed by atoms with Crippen molar-refractivity contribution in [3.05, 3.63) is 291 Å². The normalized spacial score (nSPS) is 11.5. The van der Waals surface area contributed by atoms with Crippen molar-refractivity contribution in [3.63, 3.8) is 0 Å². The fourth-order valence-electron chi connectivity index (χ4n) is 11.3. The van der Waals surface area contributed by atoms with Crippen LogP contribution in [0.1, 0.15) is 0 Å². The number of anilines is 3. The van der Waals surface area contributed by atoms with Crippen LogP contribution in [0, 0.1) is 0 Å². The molecule has 0 amide bonds. The fourth-order valence-corrected chi connectivity index (χ4v) is 11.3. The van der Waals surface area contributed by atoms with Gasteiger partial charge in [-0.2, -0.15) is 0 Å². The summed E-state index contributed by atoms with van der Waals surface area (Å²) >= 11 is 0. The molecule has 0 radical (unpaired) electrons. The van der Waals surface area contributed by atoms with Gasteiger partial charge < -0.3 is 9.47 Å². The number of para-hydroxylation sites is 1. The molecule has 14 rings (SSSR count). The monoisotopic (exact) mass is 940 g/mol. The standard InChI is InChI=1S/C72H48N2/c1-2-19-60(20-3-1)73(70-26-12-18-55-15-6-9-23-67(55)70)61-41-35-49(36-42-61)50-37-43-62(44-38-50)74-71-45-39-58(51-27-31-56(32-28-51)65-24-10-16-53-13-4-7-21-63(53)65)47-68(71)69-48-59(40-46-72(69)74)52-29-33-57(34-30-52)66-25-11-17-54-14-5-8-22-64(54)66/h1-48H. The summed E-state index contributed by atoms with van der Waals surface area (Å²) in [5, 5.41) is 9.92. The third-order valence-corrected chi connectivity index (χ3v) is 15.0. The molecule has 0 fully saturated rings. The number of aromatic nitrogens is 1. The van der Waals surface area contributed by atoms with Crippen LogP contribution in [-0.4, -0.2) is 4.57 Å². The number of hydrogen-bond donors (Lipinski definition) is 0. The first-order valence-electron chi connectivity index (χ1n) is 25.5. The summed E-state index contributed by atoms with van der Waals surface area (Å²) in [6.45, 7) is 0. The van der Waals surface area contributed by atoms with Crippen LogP contribution in [-0.2, 0) is 0 Å². The molecule has 1 aromatic heterocycles. The molecule has 0 N–H and O–H groups in total. The maximum absolute atomic E-state index is 2.43. The summed E-state index contributed by atoms with van der Waals surface area (Å²) in [5.74, 6) is 0. The maximum atomic E-state index is 2.43. The molecule has 346 valence electrons. The van der Waals surface area contributed by atoms with E-state index in [1.807, 2.05) is 0 Å². The minimum Gasteiger partial charge on any atom is -0.310 e. The molecule has 14 aromatic rings. The van der Waals surface area contributed by atoms with Crippen LogP contribution in [0.2, 0.25) is 0 Å². The first-order chi connectivity index (χ1) is 36.7. The molecule has 0 unspecified atom stereocenters. The van der Waals surface area contributed by atoms with Gasteiger partial charge in [0.05, 0.1) is 16.7 Å². The van der Waals surface area contributed by atoms with Gasteiger partial charge in [0.2, 0.25) is 0 Å². The third-order valence-electron chi connectivity index (χ3n) is 15.0. The van der Waals surface area contributed by atoms with Gasteiger partial charge in [-0.05, 0) is 149 Å². The van der Waals surface area contributed by atoms with Gasteiger partial charge in [-0.1, -0.05) is 224 Å². The summed E-state index contributed by atoms with van der Waals surface area (Å²) in [6, 6.07) is 106. The lowest BCUT2D eigenvalue weighted by atomic mass is 9.95. The predicted octanol–water partition coefficient (Wildman–Crippen LogP) is 20.0. The zero-order valence-corrected chi connectivity index (χ0v) is 40.6. The molecular weight excluding hydrogens is 893 g/mol. The molecular formula is C72H48N2. The minimum atomic E-state index is 1.11. The summed E-state index contributed by atoms with van der Waals surface area (Å²) in [5.41, 5.74) is 18.9. The lowest BCUT2D eigenvalue weighted by molar-refractivity contribution is 1.18. The van der Waals surface area contributed by atoms with Crippen LogP contribution in [0.25, 0.3) is 115 Å². The number of nitrogens with zero attached hydrogens (tertiary/aromatic N) is 2. The molecule has 0 saturated heterocycles. The molecule has 0 aliphatic carbocycles. The van der Waals surface area contributed by atoms with Gasteiger partial charge in [-0.3, -0.25) is 0 Å². The van der Waals surface area contributed by atoms with Crippen molar-refractivity contribution in [2.24, 2.45) is 0 Å². The van der Waals surface area contributed by atoms with Crippen LogP contribution >= 0.6 is 0 Å². The number of rotatable bonds is 9. The van der Waals surface area contributed by atoms with Crippen molar-refractivity contribution in [1.29, 1.82) is 0 Å². The van der Waals surface area contributed by atoms with Crippen molar-refractivity contribution in [3.8, 4) is 61.3 Å². The number of hydrogen-bond acceptors (Lipinski definition) is 1. The Balaban J connectivity index is 0.836. The van der Waals surface area contributed by atoms with Gasteiger partial charge >= 0.3 is 0 Å². The average molecular weight is 941 g/mol. The van der Waals surface area contributed by atoms with E-state index in [2.05, 4.69) is 301 Å². The molecule has 0 saturated carbocycles. The second kappa shape index (κ2) is 18.1. The van der Waals surface area contributed by atoms with E-state index in [0.29, 0.717) is 0 Å². The highest BCUT2D eigenvalue weighted by molar-refractivity contribution is 6.12. The van der Waals surface area contributed by atoms with E-state index in [1.165, 1.54) is 110 Å². The molecule has 0 aliphatic rings. The zero-order valence-electron chi connectivity index (χ0n) is 40.6. The van der Waals surface area contributed by atoms with E-state index in [1.54, 1.807) is 0 Å². The molecule has 74 heavy (non-hydrogen) atoms. The first kappa shape index (κ1) is 43.1. The number of fused-ring (bicyclic) bond motifs is 6. The Hall–Kier alpha value is -9.76. The van der Waals surface area contributed by atoms with E-state index in [0.717, 1.165) is 22.7 Å².